The van der Waals surface area contributed by atoms with Gasteiger partial charge in [-0.1, -0.05) is 0 Å². The minimum absolute atomic E-state index is 0.164. The van der Waals surface area contributed by atoms with E-state index < -0.39 is 0 Å². The van der Waals surface area contributed by atoms with E-state index in [1.165, 1.54) is 12.0 Å². The van der Waals surface area contributed by atoms with E-state index in [4.69, 9.17) is 10.5 Å². The highest BCUT2D eigenvalue weighted by Gasteiger charge is 2.17. The van der Waals surface area contributed by atoms with Crippen molar-refractivity contribution in [2.75, 3.05) is 24.8 Å². The quantitative estimate of drug-likeness (QED) is 0.853. The number of nitrogens with zero attached hydrogens (tertiary/aromatic N) is 2. The minimum atomic E-state index is -0.164. The number of methoxy groups -OCH3 is 1. The number of hydrogen-bond acceptors (Lipinski definition) is 4. The van der Waals surface area contributed by atoms with Gasteiger partial charge in [0.25, 0.3) is 5.91 Å². The van der Waals surface area contributed by atoms with Crippen molar-refractivity contribution in [3.05, 3.63) is 48.3 Å². The zero-order valence-corrected chi connectivity index (χ0v) is 10.8. The van der Waals surface area contributed by atoms with Gasteiger partial charge < -0.3 is 15.4 Å². The van der Waals surface area contributed by atoms with Crippen LogP contribution in [0.4, 0.5) is 11.4 Å². The monoisotopic (exact) mass is 257 g/mol. The number of aromatic nitrogens is 1. The van der Waals surface area contributed by atoms with Gasteiger partial charge in [0.2, 0.25) is 0 Å². The van der Waals surface area contributed by atoms with Crippen LogP contribution in [0.3, 0.4) is 0 Å². The van der Waals surface area contributed by atoms with Crippen LogP contribution in [0, 0.1) is 0 Å². The zero-order chi connectivity index (χ0) is 13.8. The fourth-order valence-electron chi connectivity index (χ4n) is 1.75. The number of nitrogen functional groups attached to an aromatic ring is 1. The molecule has 0 aliphatic carbocycles. The molecule has 2 aromatic rings. The summed E-state index contributed by atoms with van der Waals surface area (Å²) in [6.07, 6.45) is 3.28. The lowest BCUT2D eigenvalue weighted by Gasteiger charge is -2.18. The maximum Gasteiger partial charge on any atom is 0.261 e. The van der Waals surface area contributed by atoms with Crippen LogP contribution in [0.2, 0.25) is 0 Å². The number of benzene rings is 1. The summed E-state index contributed by atoms with van der Waals surface area (Å²) < 4.78 is 5.19. The Morgan fingerprint density at radius 3 is 2.58 bits per heavy atom. The van der Waals surface area contributed by atoms with E-state index in [2.05, 4.69) is 4.98 Å². The summed E-state index contributed by atoms with van der Waals surface area (Å²) in [6.45, 7) is 0. The number of anilines is 2. The fourth-order valence-corrected chi connectivity index (χ4v) is 1.75. The summed E-state index contributed by atoms with van der Waals surface area (Å²) in [6, 6.07) is 8.50. The zero-order valence-electron chi connectivity index (χ0n) is 10.8. The van der Waals surface area contributed by atoms with Crippen LogP contribution < -0.4 is 15.4 Å². The lowest BCUT2D eigenvalue weighted by atomic mass is 10.1. The van der Waals surface area contributed by atoms with E-state index in [1.54, 1.807) is 49.8 Å². The second kappa shape index (κ2) is 5.39. The Kier molecular flexibility index (Phi) is 3.66. The Labute approximate surface area is 111 Å². The second-order valence-corrected chi connectivity index (χ2v) is 4.03. The van der Waals surface area contributed by atoms with Crippen LogP contribution in [-0.4, -0.2) is 25.0 Å². The van der Waals surface area contributed by atoms with Gasteiger partial charge in [0.05, 0.1) is 12.7 Å². The molecule has 1 heterocycles. The first-order valence-corrected chi connectivity index (χ1v) is 5.75. The van der Waals surface area contributed by atoms with Crippen molar-refractivity contribution in [1.82, 2.24) is 4.98 Å². The van der Waals surface area contributed by atoms with Crippen molar-refractivity contribution in [2.45, 2.75) is 0 Å². The van der Waals surface area contributed by atoms with Crippen molar-refractivity contribution in [1.29, 1.82) is 0 Å². The highest BCUT2D eigenvalue weighted by atomic mass is 16.5. The number of nitrogens with two attached hydrogens (primary N) is 1. The molecule has 2 N–H and O–H groups in total. The summed E-state index contributed by atoms with van der Waals surface area (Å²) in [5, 5.41) is 0. The van der Waals surface area contributed by atoms with Crippen LogP contribution in [0.1, 0.15) is 10.4 Å². The summed E-state index contributed by atoms with van der Waals surface area (Å²) >= 11 is 0. The lowest BCUT2D eigenvalue weighted by molar-refractivity contribution is 0.0990. The van der Waals surface area contributed by atoms with Gasteiger partial charge in [0.1, 0.15) is 5.75 Å². The lowest BCUT2D eigenvalue weighted by Crippen LogP contribution is -2.26. The Morgan fingerprint density at radius 2 is 1.95 bits per heavy atom. The molecular weight excluding hydrogens is 242 g/mol. The molecule has 0 atom stereocenters. The second-order valence-electron chi connectivity index (χ2n) is 4.03. The first-order chi connectivity index (χ1) is 9.13. The maximum atomic E-state index is 12.4. The standard InChI is InChI=1S/C14H15N3O2/c1-17(11-5-7-16-8-6-11)14(18)12-4-3-10(15)9-13(12)19-2/h3-9H,15H2,1-2H3. The average Bonchev–Trinajstić information content (AvgIpc) is 2.46. The largest absolute Gasteiger partial charge is 0.496 e. The average molecular weight is 257 g/mol. The number of ether oxygens (including phenoxy) is 1. The van der Waals surface area contributed by atoms with Crippen molar-refractivity contribution in [3.63, 3.8) is 0 Å². The molecule has 19 heavy (non-hydrogen) atoms. The molecule has 0 bridgehead atoms. The van der Waals surface area contributed by atoms with Crippen molar-refractivity contribution in [2.24, 2.45) is 0 Å². The van der Waals surface area contributed by atoms with Gasteiger partial charge in [-0.05, 0) is 24.3 Å². The molecule has 0 saturated carbocycles. The van der Waals surface area contributed by atoms with E-state index in [9.17, 15) is 4.79 Å². The number of rotatable bonds is 3. The molecule has 0 unspecified atom stereocenters. The molecular formula is C14H15N3O2. The Hall–Kier alpha value is -2.56. The van der Waals surface area contributed by atoms with E-state index in [-0.39, 0.29) is 5.91 Å². The number of hydrogen-bond donors (Lipinski definition) is 1. The van der Waals surface area contributed by atoms with Gasteiger partial charge >= 0.3 is 0 Å². The SMILES string of the molecule is COc1cc(N)ccc1C(=O)N(C)c1ccncc1. The summed E-state index contributed by atoms with van der Waals surface area (Å²) in [4.78, 5) is 17.9. The maximum absolute atomic E-state index is 12.4. The van der Waals surface area contributed by atoms with E-state index in [0.29, 0.717) is 17.0 Å². The molecule has 98 valence electrons. The third kappa shape index (κ3) is 2.65. The third-order valence-corrected chi connectivity index (χ3v) is 2.81. The van der Waals surface area contributed by atoms with Gasteiger partial charge in [0, 0.05) is 36.9 Å². The van der Waals surface area contributed by atoms with E-state index >= 15 is 0 Å². The van der Waals surface area contributed by atoms with Crippen molar-refractivity contribution < 1.29 is 9.53 Å². The number of pyridine rings is 1. The van der Waals surface area contributed by atoms with Gasteiger partial charge in [-0.3, -0.25) is 9.78 Å². The van der Waals surface area contributed by atoms with Crippen LogP contribution in [0.25, 0.3) is 0 Å². The Balaban J connectivity index is 2.34. The molecule has 5 nitrogen and oxygen atoms in total. The predicted octanol–water partition coefficient (Wildman–Crippen LogP) is 1.95. The Bertz CT molecular complexity index is 584. The normalized spacial score (nSPS) is 10.0. The highest BCUT2D eigenvalue weighted by molar-refractivity contribution is 6.07. The molecule has 0 saturated heterocycles. The minimum Gasteiger partial charge on any atom is -0.496 e. The van der Waals surface area contributed by atoms with E-state index in [0.717, 1.165) is 5.69 Å². The summed E-state index contributed by atoms with van der Waals surface area (Å²) in [5.74, 6) is 0.300. The van der Waals surface area contributed by atoms with Crippen LogP contribution in [0.15, 0.2) is 42.7 Å². The Morgan fingerprint density at radius 1 is 1.26 bits per heavy atom. The molecule has 0 aliphatic rings. The summed E-state index contributed by atoms with van der Waals surface area (Å²) in [5.41, 5.74) is 7.46. The molecule has 0 fully saturated rings. The molecule has 1 amide bonds. The predicted molar refractivity (Wildman–Crippen MR) is 74.4 cm³/mol. The van der Waals surface area contributed by atoms with Crippen molar-refractivity contribution >= 4 is 17.3 Å². The molecule has 0 radical (unpaired) electrons. The molecule has 1 aromatic heterocycles. The first kappa shape index (κ1) is 12.9. The van der Waals surface area contributed by atoms with Crippen LogP contribution in [-0.2, 0) is 0 Å². The third-order valence-electron chi connectivity index (χ3n) is 2.81. The van der Waals surface area contributed by atoms with Crippen LogP contribution >= 0.6 is 0 Å². The van der Waals surface area contributed by atoms with Gasteiger partial charge in [-0.25, -0.2) is 0 Å². The van der Waals surface area contributed by atoms with Gasteiger partial charge in [0.15, 0.2) is 0 Å². The van der Waals surface area contributed by atoms with Crippen molar-refractivity contribution in [3.8, 4) is 5.75 Å². The van der Waals surface area contributed by atoms with Crippen LogP contribution in [0.5, 0.6) is 5.75 Å². The molecule has 0 aliphatic heterocycles. The highest BCUT2D eigenvalue weighted by Crippen LogP contribution is 2.24. The number of carbonyl (C=O) groups excluding carboxylic acids is 1. The molecule has 0 spiro atoms. The molecule has 1 aromatic carbocycles. The topological polar surface area (TPSA) is 68.5 Å². The smallest absolute Gasteiger partial charge is 0.261 e. The number of amides is 1. The first-order valence-electron chi connectivity index (χ1n) is 5.75. The van der Waals surface area contributed by atoms with Gasteiger partial charge in [-0.15, -0.1) is 0 Å². The van der Waals surface area contributed by atoms with Gasteiger partial charge in [-0.2, -0.15) is 0 Å². The fraction of sp³-hybridized carbons (Fsp3) is 0.143. The number of carbonyl (C=O) groups is 1. The molecule has 2 rings (SSSR count). The summed E-state index contributed by atoms with van der Waals surface area (Å²) in [7, 11) is 3.21. The van der Waals surface area contributed by atoms with E-state index in [1.807, 2.05) is 0 Å². The molecule has 5 heteroatoms.